The summed E-state index contributed by atoms with van der Waals surface area (Å²) in [6.07, 6.45) is -10.2. The summed E-state index contributed by atoms with van der Waals surface area (Å²) in [4.78, 5) is 172. The lowest BCUT2D eigenvalue weighted by Crippen LogP contribution is -2.60. The van der Waals surface area contributed by atoms with Crippen LogP contribution in [0, 0.1) is 0 Å². The number of benzene rings is 1. The number of nitrogens with one attached hydrogen (secondary N) is 10. The standard InChI is InChI=1S/C56H91N11O22/c1-31(68)40(44(74)63-36(46(76)77)22-26-59-50(82)88-55(9,10)11)65-42(72)34(20-24-57-48(80)86-53(3,4)5)61-38(70)28-67(52(84)85-30-33-18-16-15-17-19-33)29-39(71)62-35(21-25-58-49(81)87-54(6,7)8)43(73)66-41(32(2)69)45(75)64-37(47(78)79)23-27-60-51(83)89-56(12,13)14/h15-19,31-32,34-37,40-41,68-69H,20-30H2,1-14H3,(H,57,80)(H,58,81)(H,59,82)(H,60,83)(H,61,70)(H,62,71)(H,63,74)(H,64,75)(H,65,72)(H,66,73)(H,76,77)(H,78,79)/t31-,32?,34+,35+,36+,37+,40+,41+/m1/s1. The second kappa shape index (κ2) is 36.5. The summed E-state index contributed by atoms with van der Waals surface area (Å²) in [7, 11) is 0. The van der Waals surface area contributed by atoms with E-state index in [4.69, 9.17) is 23.7 Å². The van der Waals surface area contributed by atoms with Crippen LogP contribution >= 0.6 is 0 Å². The Hall–Kier alpha value is -8.75. The van der Waals surface area contributed by atoms with Gasteiger partial charge < -0.3 is 97.3 Å². The Balaban J connectivity index is 3.68. The molecule has 0 saturated carbocycles. The zero-order chi connectivity index (χ0) is 68.2. The normalized spacial score (nSPS) is 14.2. The Labute approximate surface area is 516 Å². The van der Waals surface area contributed by atoms with Crippen molar-refractivity contribution in [2.75, 3.05) is 39.3 Å². The fraction of sp³-hybridized carbons (Fsp3) is 0.661. The number of carbonyl (C=O) groups is 13. The monoisotopic (exact) mass is 1270 g/mol. The molecule has 0 aromatic heterocycles. The van der Waals surface area contributed by atoms with Gasteiger partial charge in [0.2, 0.25) is 35.4 Å². The van der Waals surface area contributed by atoms with E-state index in [0.29, 0.717) is 10.5 Å². The first kappa shape index (κ1) is 78.3. The van der Waals surface area contributed by atoms with E-state index in [9.17, 15) is 82.8 Å². The van der Waals surface area contributed by atoms with Crippen LogP contribution in [0.15, 0.2) is 30.3 Å². The molecule has 0 bridgehead atoms. The van der Waals surface area contributed by atoms with Crippen molar-refractivity contribution in [1.82, 2.24) is 58.1 Å². The highest BCUT2D eigenvalue weighted by Crippen LogP contribution is 2.12. The lowest BCUT2D eigenvalue weighted by molar-refractivity contribution is -0.143. The third-order valence-corrected chi connectivity index (χ3v) is 11.2. The SMILES string of the molecule is CC(O)[C@H](NC(=O)[C@H](CCNC(=O)OC(C)(C)C)NC(=O)CN(CC(=O)N[C@@H](CCNC(=O)OC(C)(C)C)C(=O)N[C@H](C(=O)N[C@@H](CCNC(=O)OC(C)(C)C)C(=O)O)[C@@H](C)O)C(=O)OCc1ccccc1)C(=O)N[C@@H](CCNC(=O)OC(C)(C)C)C(=O)O. The quantitative estimate of drug-likeness (QED) is 0.0426. The summed E-state index contributed by atoms with van der Waals surface area (Å²) in [6.45, 7) is 17.1. The van der Waals surface area contributed by atoms with Crippen LogP contribution in [0.1, 0.15) is 128 Å². The van der Waals surface area contributed by atoms with E-state index in [0.717, 1.165) is 13.8 Å². The lowest BCUT2D eigenvalue weighted by Gasteiger charge is -2.28. The maximum atomic E-state index is 14.1. The van der Waals surface area contributed by atoms with Crippen molar-refractivity contribution in [2.45, 2.75) is 200 Å². The second-order valence-corrected chi connectivity index (χ2v) is 24.3. The van der Waals surface area contributed by atoms with Gasteiger partial charge in [-0.1, -0.05) is 30.3 Å². The minimum atomic E-state index is -1.91. The fourth-order valence-electron chi connectivity index (χ4n) is 7.25. The first-order valence-electron chi connectivity index (χ1n) is 28.4. The number of hydrogen-bond acceptors (Lipinski definition) is 20. The van der Waals surface area contributed by atoms with Gasteiger partial charge in [0.25, 0.3) is 0 Å². The molecule has 0 aliphatic heterocycles. The maximum Gasteiger partial charge on any atom is 0.411 e. The summed E-state index contributed by atoms with van der Waals surface area (Å²) in [5.41, 5.74) is -3.28. The number of alkyl carbamates (subject to hydrolysis) is 4. The number of carbonyl (C=O) groups excluding carboxylic acids is 11. The second-order valence-electron chi connectivity index (χ2n) is 24.3. The van der Waals surface area contributed by atoms with E-state index in [2.05, 4.69) is 53.2 Å². The van der Waals surface area contributed by atoms with Gasteiger partial charge in [0.1, 0.15) is 78.4 Å². The van der Waals surface area contributed by atoms with Gasteiger partial charge in [-0.3, -0.25) is 33.7 Å². The minimum absolute atomic E-state index is 0.304. The Morgan fingerprint density at radius 2 is 0.719 bits per heavy atom. The molecule has 1 unspecified atom stereocenters. The maximum absolute atomic E-state index is 14.1. The van der Waals surface area contributed by atoms with Crippen LogP contribution in [0.5, 0.6) is 0 Å². The van der Waals surface area contributed by atoms with Gasteiger partial charge in [-0.05, 0) is 128 Å². The molecule has 8 atom stereocenters. The van der Waals surface area contributed by atoms with Crippen LogP contribution in [0.25, 0.3) is 0 Å². The third-order valence-electron chi connectivity index (χ3n) is 11.2. The fourth-order valence-corrected chi connectivity index (χ4v) is 7.25. The van der Waals surface area contributed by atoms with Crippen molar-refractivity contribution in [3.8, 4) is 0 Å². The van der Waals surface area contributed by atoms with Crippen molar-refractivity contribution in [2.24, 2.45) is 0 Å². The first-order chi connectivity index (χ1) is 40.9. The predicted molar refractivity (Wildman–Crippen MR) is 314 cm³/mol. The molecule has 11 amide bonds. The van der Waals surface area contributed by atoms with E-state index < -0.39 is 207 Å². The van der Waals surface area contributed by atoms with Crippen LogP contribution in [0.3, 0.4) is 0 Å². The smallest absolute Gasteiger partial charge is 0.411 e. The van der Waals surface area contributed by atoms with Crippen molar-refractivity contribution < 1.29 is 106 Å². The Morgan fingerprint density at radius 3 is 0.989 bits per heavy atom. The van der Waals surface area contributed by atoms with E-state index >= 15 is 0 Å². The van der Waals surface area contributed by atoms with Crippen molar-refractivity contribution in [3.63, 3.8) is 0 Å². The average Bonchev–Trinajstić information content (AvgIpc) is 3.52. The van der Waals surface area contributed by atoms with Crippen LogP contribution in [0.4, 0.5) is 24.0 Å². The van der Waals surface area contributed by atoms with Gasteiger partial charge in [0, 0.05) is 26.2 Å². The largest absolute Gasteiger partial charge is 0.480 e. The summed E-state index contributed by atoms with van der Waals surface area (Å²) in [6, 6.07) is -2.64. The number of nitrogens with zero attached hydrogens (tertiary/aromatic N) is 1. The molecule has 0 spiro atoms. The minimum Gasteiger partial charge on any atom is -0.480 e. The summed E-state index contributed by atoms with van der Waals surface area (Å²) in [5.74, 6) is -10.4. The molecule has 1 aromatic carbocycles. The highest BCUT2D eigenvalue weighted by atomic mass is 16.6. The molecular weight excluding hydrogens is 1180 g/mol. The van der Waals surface area contributed by atoms with Crippen LogP contribution in [-0.4, -0.2) is 213 Å². The number of ether oxygens (including phenoxy) is 5. The summed E-state index contributed by atoms with van der Waals surface area (Å²) in [5, 5.41) is 64.3. The number of aliphatic hydroxyl groups excluding tert-OH is 2. The molecule has 0 saturated heterocycles. The van der Waals surface area contributed by atoms with Crippen LogP contribution in [-0.2, 0) is 68.6 Å². The molecule has 33 nitrogen and oxygen atoms in total. The highest BCUT2D eigenvalue weighted by molar-refractivity contribution is 5.96. The van der Waals surface area contributed by atoms with Gasteiger partial charge >= 0.3 is 42.4 Å². The molecule has 1 rings (SSSR count). The van der Waals surface area contributed by atoms with Gasteiger partial charge in [0.05, 0.1) is 12.2 Å². The molecule has 33 heteroatoms. The number of carboxylic acids is 2. The van der Waals surface area contributed by atoms with Crippen molar-refractivity contribution in [3.05, 3.63) is 35.9 Å². The van der Waals surface area contributed by atoms with Crippen LogP contribution in [0.2, 0.25) is 0 Å². The highest BCUT2D eigenvalue weighted by Gasteiger charge is 2.36. The van der Waals surface area contributed by atoms with E-state index in [-0.39, 0.29) is 13.1 Å². The Kier molecular flexibility index (Phi) is 32.1. The molecule has 1 aromatic rings. The molecule has 0 heterocycles. The predicted octanol–water partition coefficient (Wildman–Crippen LogP) is 0.124. The Bertz CT molecular complexity index is 2430. The number of aliphatic carboxylic acids is 2. The molecule has 0 radical (unpaired) electrons. The van der Waals surface area contributed by atoms with Crippen molar-refractivity contribution >= 4 is 77.8 Å². The van der Waals surface area contributed by atoms with Gasteiger partial charge in [0.15, 0.2) is 0 Å². The third kappa shape index (κ3) is 35.0. The number of carboxylic acid groups (broad SMARTS) is 2. The average molecular weight is 1270 g/mol. The lowest BCUT2D eigenvalue weighted by atomic mass is 10.1. The van der Waals surface area contributed by atoms with Gasteiger partial charge in [-0.15, -0.1) is 0 Å². The van der Waals surface area contributed by atoms with E-state index in [1.54, 1.807) is 113 Å². The summed E-state index contributed by atoms with van der Waals surface area (Å²) >= 11 is 0. The molecule has 0 aliphatic carbocycles. The number of aliphatic hydroxyl groups is 2. The van der Waals surface area contributed by atoms with Gasteiger partial charge in [-0.2, -0.15) is 0 Å². The van der Waals surface area contributed by atoms with Crippen molar-refractivity contribution in [1.29, 1.82) is 0 Å². The Morgan fingerprint density at radius 1 is 0.427 bits per heavy atom. The van der Waals surface area contributed by atoms with E-state index in [1.165, 1.54) is 0 Å². The molecule has 0 fully saturated rings. The number of hydrogen-bond donors (Lipinski definition) is 14. The zero-order valence-electron chi connectivity index (χ0n) is 52.9. The number of rotatable bonds is 32. The molecule has 89 heavy (non-hydrogen) atoms. The molecule has 0 aliphatic rings. The molecule has 502 valence electrons. The molecular formula is C56H91N11O22. The number of amides is 11. The first-order valence-corrected chi connectivity index (χ1v) is 28.4. The zero-order valence-corrected chi connectivity index (χ0v) is 52.9. The molecule has 14 N–H and O–H groups in total. The van der Waals surface area contributed by atoms with Crippen LogP contribution < -0.4 is 53.2 Å². The topological polar surface area (TPSA) is 473 Å². The summed E-state index contributed by atoms with van der Waals surface area (Å²) < 4.78 is 26.2. The van der Waals surface area contributed by atoms with Gasteiger partial charge in [-0.25, -0.2) is 33.6 Å². The van der Waals surface area contributed by atoms with E-state index in [1.807, 2.05) is 0 Å².